The van der Waals surface area contributed by atoms with Crippen molar-refractivity contribution < 1.29 is 0 Å². The molecule has 0 aliphatic carbocycles. The summed E-state index contributed by atoms with van der Waals surface area (Å²) in [5.41, 5.74) is 0. The summed E-state index contributed by atoms with van der Waals surface area (Å²) in [5, 5.41) is 1.23. The number of hydrogen-bond donors (Lipinski definition) is 4. The molecule has 0 aromatic heterocycles. The zero-order chi connectivity index (χ0) is 16.6. The van der Waals surface area contributed by atoms with Crippen LogP contribution in [0.1, 0.15) is 0 Å². The van der Waals surface area contributed by atoms with Crippen molar-refractivity contribution >= 4 is 109 Å². The molecule has 9 heteroatoms. The summed E-state index contributed by atoms with van der Waals surface area (Å²) in [6.45, 7) is 0. The van der Waals surface area contributed by atoms with Gasteiger partial charge in [0.15, 0.2) is 0 Å². The van der Waals surface area contributed by atoms with E-state index in [9.17, 15) is 0 Å². The van der Waals surface area contributed by atoms with Crippen LogP contribution >= 0.6 is 109 Å². The average molecular weight is 473 g/mol. The van der Waals surface area contributed by atoms with Crippen LogP contribution < -0.4 is 0 Å². The van der Waals surface area contributed by atoms with E-state index >= 15 is 0 Å². The zero-order valence-corrected chi connectivity index (χ0v) is 20.6. The lowest BCUT2D eigenvalue weighted by molar-refractivity contribution is 1.11. The molecule has 2 unspecified atom stereocenters. The molecule has 0 aromatic rings. The van der Waals surface area contributed by atoms with E-state index in [2.05, 4.69) is 80.3 Å². The third-order valence-electron chi connectivity index (χ3n) is 2.62. The van der Waals surface area contributed by atoms with E-state index in [4.69, 9.17) is 0 Å². The smallest absolute Gasteiger partial charge is 0.0568 e. The third kappa shape index (κ3) is 15.4. The first-order chi connectivity index (χ1) is 10.7. The van der Waals surface area contributed by atoms with E-state index in [0.29, 0.717) is 10.5 Å². The molecule has 0 aliphatic heterocycles. The number of hydrogen-bond acceptors (Lipinski definition) is 9. The molecule has 0 rings (SSSR count). The van der Waals surface area contributed by atoms with Crippen molar-refractivity contribution in [1.29, 1.82) is 0 Å². The summed E-state index contributed by atoms with van der Waals surface area (Å²) in [6, 6.07) is 0. The molecule has 0 radical (unpaired) electrons. The van der Waals surface area contributed by atoms with Crippen LogP contribution in [0, 0.1) is 0 Å². The molecule has 0 amide bonds. The van der Waals surface area contributed by atoms with Crippen LogP contribution in [0.15, 0.2) is 0 Å². The first-order valence-corrected chi connectivity index (χ1v) is 15.2. The van der Waals surface area contributed by atoms with Crippen LogP contribution in [-0.2, 0) is 0 Å². The van der Waals surface area contributed by atoms with Gasteiger partial charge in [-0.3, -0.25) is 0 Å². The summed E-state index contributed by atoms with van der Waals surface area (Å²) < 4.78 is 0.164. The molecular formula is C13H28S9. The predicted octanol–water partition coefficient (Wildman–Crippen LogP) is 5.06. The molecule has 2 atom stereocenters. The van der Waals surface area contributed by atoms with Gasteiger partial charge in [-0.15, -0.1) is 0 Å². The topological polar surface area (TPSA) is 0 Å². The summed E-state index contributed by atoms with van der Waals surface area (Å²) in [7, 11) is 0. The van der Waals surface area contributed by atoms with Gasteiger partial charge in [0, 0.05) is 56.5 Å². The van der Waals surface area contributed by atoms with Gasteiger partial charge in [-0.2, -0.15) is 109 Å². The van der Waals surface area contributed by atoms with Crippen molar-refractivity contribution in [3.8, 4) is 0 Å². The maximum Gasteiger partial charge on any atom is 0.0568 e. The second kappa shape index (κ2) is 18.9. The van der Waals surface area contributed by atoms with Crippen LogP contribution in [0.3, 0.4) is 0 Å². The number of thioether (sulfide) groups is 5. The normalized spacial score (nSPS) is 14.5. The van der Waals surface area contributed by atoms with Gasteiger partial charge >= 0.3 is 0 Å². The monoisotopic (exact) mass is 472 g/mol. The van der Waals surface area contributed by atoms with Crippen LogP contribution in [0.25, 0.3) is 0 Å². The van der Waals surface area contributed by atoms with Gasteiger partial charge in [-0.1, -0.05) is 0 Å². The molecule has 0 nitrogen and oxygen atoms in total. The maximum atomic E-state index is 4.47. The molecule has 0 bridgehead atoms. The first kappa shape index (κ1) is 25.1. The minimum Gasteiger partial charge on any atom is -0.179 e. The van der Waals surface area contributed by atoms with Gasteiger partial charge in [-0.25, -0.2) is 0 Å². The third-order valence-corrected chi connectivity index (χ3v) is 11.4. The van der Waals surface area contributed by atoms with E-state index in [-0.39, 0.29) is 4.58 Å². The minimum atomic E-state index is 0.164. The second-order valence-corrected chi connectivity index (χ2v) is 12.7. The Morgan fingerprint density at radius 1 is 0.818 bits per heavy atom. The van der Waals surface area contributed by atoms with Crippen LogP contribution in [0.2, 0.25) is 0 Å². The molecule has 0 saturated heterocycles. The fourth-order valence-electron chi connectivity index (χ4n) is 1.37. The molecule has 0 N–H and O–H groups in total. The van der Waals surface area contributed by atoms with Crippen molar-refractivity contribution in [2.75, 3.05) is 58.0 Å². The number of rotatable bonds is 16. The van der Waals surface area contributed by atoms with E-state index in [1.165, 1.54) is 28.8 Å². The zero-order valence-electron chi connectivity index (χ0n) is 12.9. The van der Waals surface area contributed by atoms with Gasteiger partial charge < -0.3 is 0 Å². The Morgan fingerprint density at radius 3 is 1.91 bits per heavy atom. The average Bonchev–Trinajstić information content (AvgIpc) is 2.51. The molecule has 134 valence electrons. The van der Waals surface area contributed by atoms with E-state index in [0.717, 1.165) is 23.0 Å². The minimum absolute atomic E-state index is 0.164. The Hall–Kier alpha value is 3.15. The molecule has 0 aromatic carbocycles. The Balaban J connectivity index is 3.41. The Kier molecular flexibility index (Phi) is 21.6. The van der Waals surface area contributed by atoms with E-state index in [1.54, 1.807) is 0 Å². The highest BCUT2D eigenvalue weighted by Gasteiger charge is 2.14. The van der Waals surface area contributed by atoms with Gasteiger partial charge in [0.25, 0.3) is 0 Å². The van der Waals surface area contributed by atoms with Crippen molar-refractivity contribution in [3.05, 3.63) is 0 Å². The van der Waals surface area contributed by atoms with Gasteiger partial charge in [-0.05, 0) is 12.0 Å². The largest absolute Gasteiger partial charge is 0.179 e. The van der Waals surface area contributed by atoms with Gasteiger partial charge in [0.2, 0.25) is 0 Å². The van der Waals surface area contributed by atoms with Crippen molar-refractivity contribution in [1.82, 2.24) is 0 Å². The highest BCUT2D eigenvalue weighted by atomic mass is 32.2. The molecular weight excluding hydrogens is 445 g/mol. The summed E-state index contributed by atoms with van der Waals surface area (Å²) >= 11 is 27.6. The summed E-state index contributed by atoms with van der Waals surface area (Å²) in [4.78, 5) is 0. The first-order valence-electron chi connectivity index (χ1n) is 7.11. The Morgan fingerprint density at radius 2 is 1.41 bits per heavy atom. The SMILES string of the molecule is CSC(CS)CSCCSCCSCC(SCCS)C(S)S. The van der Waals surface area contributed by atoms with Crippen LogP contribution in [0.5, 0.6) is 0 Å². The van der Waals surface area contributed by atoms with Crippen molar-refractivity contribution in [2.45, 2.75) is 15.1 Å². The fraction of sp³-hybridized carbons (Fsp3) is 1.00. The lowest BCUT2D eigenvalue weighted by atomic mass is 10.5. The van der Waals surface area contributed by atoms with Crippen LogP contribution in [-0.4, -0.2) is 73.1 Å². The Bertz CT molecular complexity index is 224. The van der Waals surface area contributed by atoms with Crippen molar-refractivity contribution in [2.24, 2.45) is 0 Å². The molecule has 0 spiro atoms. The number of thiol groups is 4. The van der Waals surface area contributed by atoms with Gasteiger partial charge in [0.05, 0.1) is 4.58 Å². The predicted molar refractivity (Wildman–Crippen MR) is 135 cm³/mol. The van der Waals surface area contributed by atoms with Crippen LogP contribution in [0.4, 0.5) is 0 Å². The molecule has 0 heterocycles. The lowest BCUT2D eigenvalue weighted by Crippen LogP contribution is -2.17. The summed E-state index contributed by atoms with van der Waals surface area (Å²) in [5.74, 6) is 10.4. The maximum absolute atomic E-state index is 4.47. The standard InChI is InChI=1S/C13H28S9/c1-18-11(8-15)9-20-6-4-19-5-7-21-10-12(13(16)17)22-3-2-14/h11-17H,2-10H2,1H3. The summed E-state index contributed by atoms with van der Waals surface area (Å²) in [6.07, 6.45) is 2.18. The Labute approximate surface area is 180 Å². The molecule has 0 saturated carbocycles. The van der Waals surface area contributed by atoms with Gasteiger partial charge in [0.1, 0.15) is 0 Å². The highest BCUT2D eigenvalue weighted by Crippen LogP contribution is 2.25. The quantitative estimate of drug-likeness (QED) is 0.140. The fourth-order valence-corrected chi connectivity index (χ4v) is 8.92. The van der Waals surface area contributed by atoms with E-state index < -0.39 is 0 Å². The van der Waals surface area contributed by atoms with Crippen molar-refractivity contribution in [3.63, 3.8) is 0 Å². The molecule has 0 aliphatic rings. The molecule has 0 fully saturated rings. The second-order valence-electron chi connectivity index (χ2n) is 4.35. The van der Waals surface area contributed by atoms with E-state index in [1.807, 2.05) is 35.3 Å². The highest BCUT2D eigenvalue weighted by molar-refractivity contribution is 8.07. The molecule has 22 heavy (non-hydrogen) atoms. The lowest BCUT2D eigenvalue weighted by Gasteiger charge is -2.18.